The lowest BCUT2D eigenvalue weighted by Crippen LogP contribution is -2.16. The molecule has 0 N–H and O–H groups in total. The fourth-order valence-corrected chi connectivity index (χ4v) is 3.00. The summed E-state index contributed by atoms with van der Waals surface area (Å²) in [5.74, 6) is -0.108. The van der Waals surface area contributed by atoms with Gasteiger partial charge in [-0.25, -0.2) is 0 Å². The minimum absolute atomic E-state index is 0.0813. The Kier molecular flexibility index (Phi) is 15.9. The highest BCUT2D eigenvalue weighted by molar-refractivity contribution is 6.00. The smallest absolute Gasteiger partial charge is 0.311 e. The topological polar surface area (TPSA) is 52.6 Å². The maximum Gasteiger partial charge on any atom is 0.311 e. The van der Waals surface area contributed by atoms with Crippen LogP contribution in [0.15, 0.2) is 84.4 Å². The molecule has 1 rings (SSSR count). The van der Waals surface area contributed by atoms with Gasteiger partial charge in [0.05, 0.1) is 0 Å². The van der Waals surface area contributed by atoms with Gasteiger partial charge in [-0.05, 0) is 51.9 Å². The van der Waals surface area contributed by atoms with Crippen molar-refractivity contribution in [3.8, 4) is 0 Å². The Labute approximate surface area is 200 Å². The fraction of sp³-hybridized carbons (Fsp3) is 0.448. The predicted octanol–water partition coefficient (Wildman–Crippen LogP) is 7.62. The number of esters is 1. The van der Waals surface area contributed by atoms with Crippen LogP contribution in [0.2, 0.25) is 0 Å². The molecule has 180 valence electrons. The van der Waals surface area contributed by atoms with Crippen LogP contribution in [0.3, 0.4) is 0 Å². The lowest BCUT2D eigenvalue weighted by molar-refractivity contribution is -0.142. The molecule has 1 heterocycles. The van der Waals surface area contributed by atoms with Crippen LogP contribution in [0.25, 0.3) is 0 Å². The van der Waals surface area contributed by atoms with Crippen molar-refractivity contribution in [3.63, 3.8) is 0 Å². The summed E-state index contributed by atoms with van der Waals surface area (Å²) in [6.07, 6.45) is 32.4. The van der Waals surface area contributed by atoms with E-state index in [1.807, 2.05) is 19.1 Å². The van der Waals surface area contributed by atoms with Gasteiger partial charge in [-0.3, -0.25) is 9.59 Å². The van der Waals surface area contributed by atoms with Crippen molar-refractivity contribution in [1.82, 2.24) is 0 Å². The van der Waals surface area contributed by atoms with E-state index in [4.69, 9.17) is 9.47 Å². The average molecular weight is 453 g/mol. The van der Waals surface area contributed by atoms with E-state index in [1.165, 1.54) is 0 Å². The van der Waals surface area contributed by atoms with E-state index in [0.717, 1.165) is 38.5 Å². The van der Waals surface area contributed by atoms with Crippen molar-refractivity contribution >= 4 is 11.8 Å². The summed E-state index contributed by atoms with van der Waals surface area (Å²) in [6.45, 7) is 5.68. The maximum absolute atomic E-state index is 12.0. The number of hydrogen-bond acceptors (Lipinski definition) is 4. The van der Waals surface area contributed by atoms with Crippen molar-refractivity contribution < 1.29 is 19.1 Å². The SMILES string of the molecule is CC/C=C/C/C=C/C/C=C/C/C=C/C/C=C/C/C=C/CCC(=O)OC1=C(CC)OC(C)C1=O. The first-order chi connectivity index (χ1) is 16.1. The van der Waals surface area contributed by atoms with Crippen LogP contribution in [0.4, 0.5) is 0 Å². The molecule has 0 saturated heterocycles. The monoisotopic (exact) mass is 452 g/mol. The highest BCUT2D eigenvalue weighted by atomic mass is 16.6. The van der Waals surface area contributed by atoms with Crippen molar-refractivity contribution in [1.29, 1.82) is 0 Å². The van der Waals surface area contributed by atoms with Crippen molar-refractivity contribution in [2.45, 2.75) is 84.7 Å². The maximum atomic E-state index is 12.0. The first kappa shape index (κ1) is 28.2. The second-order valence-electron chi connectivity index (χ2n) is 7.66. The molecule has 0 aromatic rings. The second kappa shape index (κ2) is 18.7. The van der Waals surface area contributed by atoms with E-state index in [2.05, 4.69) is 67.7 Å². The van der Waals surface area contributed by atoms with E-state index in [-0.39, 0.29) is 18.0 Å². The number of carbonyl (C=O) groups is 2. The lowest BCUT2D eigenvalue weighted by atomic mass is 10.2. The summed E-state index contributed by atoms with van der Waals surface area (Å²) in [6, 6.07) is 0. The van der Waals surface area contributed by atoms with Crippen molar-refractivity contribution in [2.75, 3.05) is 0 Å². The molecular weight excluding hydrogens is 412 g/mol. The standard InChI is InChI=1S/C29H40O4/c1-4-6-7-8-9-10-11-12-13-14-15-16-17-18-19-20-21-22-23-24-27(30)33-29-26(5-2)32-25(3)28(29)31/h6-7,9-10,12-13,15-16,18-19,21-22,25H,4-5,8,11,14,17,20,23-24H2,1-3H3/b7-6+,10-9+,13-12+,16-15+,19-18+,22-21+. The quantitative estimate of drug-likeness (QED) is 0.178. The molecular formula is C29H40O4. The largest absolute Gasteiger partial charge is 0.483 e. The first-order valence-corrected chi connectivity index (χ1v) is 12.1. The van der Waals surface area contributed by atoms with Gasteiger partial charge in [0.15, 0.2) is 6.10 Å². The Morgan fingerprint density at radius 2 is 1.24 bits per heavy atom. The third-order valence-corrected chi connectivity index (χ3v) is 4.81. The molecule has 0 saturated carbocycles. The molecule has 1 aliphatic rings. The zero-order chi connectivity index (χ0) is 24.2. The molecule has 0 spiro atoms. The van der Waals surface area contributed by atoms with Crippen LogP contribution in [-0.4, -0.2) is 17.9 Å². The van der Waals surface area contributed by atoms with Gasteiger partial charge in [0.2, 0.25) is 11.5 Å². The highest BCUT2D eigenvalue weighted by Crippen LogP contribution is 2.25. The van der Waals surface area contributed by atoms with Gasteiger partial charge >= 0.3 is 5.97 Å². The Hall–Kier alpha value is -2.88. The summed E-state index contributed by atoms with van der Waals surface area (Å²) in [7, 11) is 0. The van der Waals surface area contributed by atoms with E-state index < -0.39 is 12.1 Å². The van der Waals surface area contributed by atoms with Gasteiger partial charge < -0.3 is 9.47 Å². The normalized spacial score (nSPS) is 17.3. The molecule has 4 heteroatoms. The van der Waals surface area contributed by atoms with Crippen LogP contribution in [-0.2, 0) is 19.1 Å². The fourth-order valence-electron chi connectivity index (χ4n) is 3.00. The van der Waals surface area contributed by atoms with E-state index >= 15 is 0 Å². The van der Waals surface area contributed by atoms with E-state index in [1.54, 1.807) is 6.92 Å². The summed E-state index contributed by atoms with van der Waals surface area (Å²) in [5.41, 5.74) is 0. The third-order valence-electron chi connectivity index (χ3n) is 4.81. The Bertz CT molecular complexity index is 790. The molecule has 33 heavy (non-hydrogen) atoms. The van der Waals surface area contributed by atoms with Crippen LogP contribution < -0.4 is 0 Å². The molecule has 0 amide bonds. The lowest BCUT2D eigenvalue weighted by Gasteiger charge is -2.03. The van der Waals surface area contributed by atoms with E-state index in [0.29, 0.717) is 18.6 Å². The second-order valence-corrected chi connectivity index (χ2v) is 7.66. The van der Waals surface area contributed by atoms with Gasteiger partial charge in [-0.2, -0.15) is 0 Å². The summed E-state index contributed by atoms with van der Waals surface area (Å²) in [5, 5.41) is 0. The third kappa shape index (κ3) is 13.3. The Morgan fingerprint density at radius 1 is 0.788 bits per heavy atom. The molecule has 1 aliphatic heterocycles. The Balaban J connectivity index is 2.08. The molecule has 1 unspecified atom stereocenters. The number of rotatable bonds is 16. The minimum Gasteiger partial charge on any atom is -0.483 e. The molecule has 0 aromatic carbocycles. The molecule has 0 bridgehead atoms. The molecule has 0 radical (unpaired) electrons. The first-order valence-electron chi connectivity index (χ1n) is 12.1. The molecule has 0 aliphatic carbocycles. The van der Waals surface area contributed by atoms with Gasteiger partial charge in [-0.15, -0.1) is 0 Å². The van der Waals surface area contributed by atoms with Crippen LogP contribution in [0.5, 0.6) is 0 Å². The van der Waals surface area contributed by atoms with Crippen LogP contribution in [0.1, 0.15) is 78.6 Å². The summed E-state index contributed by atoms with van der Waals surface area (Å²) in [4.78, 5) is 23.9. The van der Waals surface area contributed by atoms with Gasteiger partial charge in [0.25, 0.3) is 0 Å². The average Bonchev–Trinajstić information content (AvgIpc) is 3.08. The molecule has 4 nitrogen and oxygen atoms in total. The van der Waals surface area contributed by atoms with Crippen molar-refractivity contribution in [3.05, 3.63) is 84.4 Å². The number of ketones is 1. The summed E-state index contributed by atoms with van der Waals surface area (Å²) >= 11 is 0. The zero-order valence-corrected chi connectivity index (χ0v) is 20.5. The number of ether oxygens (including phenoxy) is 2. The Morgan fingerprint density at radius 3 is 1.70 bits per heavy atom. The van der Waals surface area contributed by atoms with E-state index in [9.17, 15) is 9.59 Å². The molecule has 0 fully saturated rings. The van der Waals surface area contributed by atoms with Crippen LogP contribution in [0, 0.1) is 0 Å². The number of hydrogen-bond donors (Lipinski definition) is 0. The zero-order valence-electron chi connectivity index (χ0n) is 20.5. The van der Waals surface area contributed by atoms with Crippen LogP contribution >= 0.6 is 0 Å². The highest BCUT2D eigenvalue weighted by Gasteiger charge is 2.33. The van der Waals surface area contributed by atoms with Gasteiger partial charge in [-0.1, -0.05) is 86.8 Å². The molecule has 1 atom stereocenters. The molecule has 0 aromatic heterocycles. The summed E-state index contributed by atoms with van der Waals surface area (Å²) < 4.78 is 10.6. The number of Topliss-reactive ketones (excluding diaryl/α,β-unsaturated/α-hetero) is 1. The predicted molar refractivity (Wildman–Crippen MR) is 136 cm³/mol. The minimum atomic E-state index is -0.564. The number of carbonyl (C=O) groups excluding carboxylic acids is 2. The van der Waals surface area contributed by atoms with Crippen molar-refractivity contribution in [2.24, 2.45) is 0 Å². The van der Waals surface area contributed by atoms with Gasteiger partial charge in [0.1, 0.15) is 5.76 Å². The van der Waals surface area contributed by atoms with Gasteiger partial charge in [0, 0.05) is 12.8 Å². The number of allylic oxidation sites excluding steroid dienone is 13.